The van der Waals surface area contributed by atoms with E-state index in [0.29, 0.717) is 23.1 Å². The van der Waals surface area contributed by atoms with E-state index in [4.69, 9.17) is 5.73 Å². The molecule has 0 heterocycles. The third-order valence-corrected chi connectivity index (χ3v) is 3.78. The fourth-order valence-electron chi connectivity index (χ4n) is 3.10. The highest BCUT2D eigenvalue weighted by molar-refractivity contribution is 6.02. The van der Waals surface area contributed by atoms with Gasteiger partial charge in [0.1, 0.15) is 0 Å². The first-order chi connectivity index (χ1) is 8.08. The zero-order chi connectivity index (χ0) is 12.4. The van der Waals surface area contributed by atoms with Crippen LogP contribution in [0.25, 0.3) is 0 Å². The van der Waals surface area contributed by atoms with E-state index in [-0.39, 0.29) is 11.7 Å². The van der Waals surface area contributed by atoms with Gasteiger partial charge in [0.05, 0.1) is 0 Å². The number of rotatable bonds is 2. The molecule has 0 aromatic heterocycles. The molecule has 0 saturated heterocycles. The highest BCUT2D eigenvalue weighted by atomic mass is 16.1. The van der Waals surface area contributed by atoms with Crippen LogP contribution in [0.4, 0.5) is 5.69 Å². The molecule has 2 rings (SSSR count). The molecule has 0 radical (unpaired) electrons. The number of hydrogen-bond donors (Lipinski definition) is 1. The number of carbonyl (C=O) groups excluding carboxylic acids is 1. The maximum atomic E-state index is 12.4. The first kappa shape index (κ1) is 12.2. The van der Waals surface area contributed by atoms with E-state index >= 15 is 0 Å². The molecule has 1 aliphatic rings. The minimum absolute atomic E-state index is 0.165. The predicted octanol–water partition coefficient (Wildman–Crippen LogP) is 3.52. The molecule has 1 saturated carbocycles. The Kier molecular flexibility index (Phi) is 3.51. The van der Waals surface area contributed by atoms with Crippen LogP contribution in [-0.4, -0.2) is 5.78 Å². The molecule has 0 spiro atoms. The second-order valence-electron chi connectivity index (χ2n) is 5.57. The molecule has 17 heavy (non-hydrogen) atoms. The number of hydrogen-bond acceptors (Lipinski definition) is 2. The van der Waals surface area contributed by atoms with Crippen molar-refractivity contribution in [1.29, 1.82) is 0 Å². The maximum absolute atomic E-state index is 12.4. The van der Waals surface area contributed by atoms with E-state index in [2.05, 4.69) is 13.8 Å². The smallest absolute Gasteiger partial charge is 0.168 e. The highest BCUT2D eigenvalue weighted by Gasteiger charge is 2.30. The van der Waals surface area contributed by atoms with Gasteiger partial charge >= 0.3 is 0 Å². The molecular formula is C15H21NO. The van der Waals surface area contributed by atoms with Gasteiger partial charge in [-0.2, -0.15) is 0 Å². The van der Waals surface area contributed by atoms with Crippen LogP contribution >= 0.6 is 0 Å². The van der Waals surface area contributed by atoms with Crippen molar-refractivity contribution in [3.8, 4) is 0 Å². The third-order valence-electron chi connectivity index (χ3n) is 3.78. The quantitative estimate of drug-likeness (QED) is 0.625. The van der Waals surface area contributed by atoms with Crippen LogP contribution < -0.4 is 5.73 Å². The molecule has 0 amide bonds. The minimum atomic E-state index is 0.165. The molecule has 2 nitrogen and oxygen atoms in total. The molecule has 0 aliphatic heterocycles. The van der Waals surface area contributed by atoms with Crippen molar-refractivity contribution in [2.45, 2.75) is 33.1 Å². The fourth-order valence-corrected chi connectivity index (χ4v) is 3.10. The first-order valence-electron chi connectivity index (χ1n) is 6.46. The maximum Gasteiger partial charge on any atom is 0.168 e. The Hall–Kier alpha value is -1.31. The van der Waals surface area contributed by atoms with Gasteiger partial charge in [-0.15, -0.1) is 0 Å². The largest absolute Gasteiger partial charge is 0.398 e. The number of Topliss-reactive ketones (excluding diaryl/α,β-unsaturated/α-hetero) is 1. The summed E-state index contributed by atoms with van der Waals surface area (Å²) in [6.45, 7) is 4.48. The minimum Gasteiger partial charge on any atom is -0.398 e. The van der Waals surface area contributed by atoms with Gasteiger partial charge in [0.15, 0.2) is 5.78 Å². The van der Waals surface area contributed by atoms with Crippen LogP contribution in [0, 0.1) is 17.8 Å². The summed E-state index contributed by atoms with van der Waals surface area (Å²) in [7, 11) is 0. The van der Waals surface area contributed by atoms with E-state index in [1.807, 2.05) is 24.3 Å². The van der Waals surface area contributed by atoms with Crippen LogP contribution in [0.2, 0.25) is 0 Å². The van der Waals surface area contributed by atoms with Gasteiger partial charge in [0.2, 0.25) is 0 Å². The number of nitrogen functional groups attached to an aromatic ring is 1. The molecule has 2 heteroatoms. The van der Waals surface area contributed by atoms with Crippen molar-refractivity contribution in [2.24, 2.45) is 17.8 Å². The predicted molar refractivity (Wildman–Crippen MR) is 70.9 cm³/mol. The second kappa shape index (κ2) is 4.91. The molecule has 92 valence electrons. The van der Waals surface area contributed by atoms with Crippen LogP contribution in [0.1, 0.15) is 43.5 Å². The van der Waals surface area contributed by atoms with Gasteiger partial charge in [-0.25, -0.2) is 0 Å². The summed E-state index contributed by atoms with van der Waals surface area (Å²) in [5.41, 5.74) is 7.20. The molecule has 2 atom stereocenters. The Labute approximate surface area is 103 Å². The van der Waals surface area contributed by atoms with Crippen LogP contribution in [0.3, 0.4) is 0 Å². The Balaban J connectivity index is 2.17. The Morgan fingerprint density at radius 2 is 1.71 bits per heavy atom. The third kappa shape index (κ3) is 2.68. The van der Waals surface area contributed by atoms with Crippen LogP contribution in [0.5, 0.6) is 0 Å². The Morgan fingerprint density at radius 3 is 2.29 bits per heavy atom. The molecule has 0 bridgehead atoms. The lowest BCUT2D eigenvalue weighted by Crippen LogP contribution is -2.26. The monoisotopic (exact) mass is 231 g/mol. The number of nitrogens with two attached hydrogens (primary N) is 1. The summed E-state index contributed by atoms with van der Waals surface area (Å²) in [6.07, 6.45) is 3.27. The number of benzene rings is 1. The molecular weight excluding hydrogens is 210 g/mol. The normalized spacial score (nSPS) is 28.9. The highest BCUT2D eigenvalue weighted by Crippen LogP contribution is 2.35. The van der Waals surface area contributed by atoms with Crippen molar-refractivity contribution in [3.63, 3.8) is 0 Å². The number of para-hydroxylation sites is 1. The van der Waals surface area contributed by atoms with Crippen molar-refractivity contribution >= 4 is 11.5 Å². The summed E-state index contributed by atoms with van der Waals surface area (Å²) >= 11 is 0. The summed E-state index contributed by atoms with van der Waals surface area (Å²) < 4.78 is 0. The van der Waals surface area contributed by atoms with E-state index < -0.39 is 0 Å². The van der Waals surface area contributed by atoms with E-state index in [1.165, 1.54) is 6.42 Å². The van der Waals surface area contributed by atoms with Crippen molar-refractivity contribution < 1.29 is 4.79 Å². The van der Waals surface area contributed by atoms with Crippen molar-refractivity contribution in [1.82, 2.24) is 0 Å². The summed E-state index contributed by atoms with van der Waals surface area (Å²) in [4.78, 5) is 12.4. The second-order valence-corrected chi connectivity index (χ2v) is 5.57. The fraction of sp³-hybridized carbons (Fsp3) is 0.533. The Morgan fingerprint density at radius 1 is 1.12 bits per heavy atom. The molecule has 2 unspecified atom stereocenters. The SMILES string of the molecule is CC1CC(C)CC(C(=O)c2ccccc2N)C1. The molecule has 1 aliphatic carbocycles. The lowest BCUT2D eigenvalue weighted by molar-refractivity contribution is 0.0837. The zero-order valence-corrected chi connectivity index (χ0v) is 10.6. The average Bonchev–Trinajstić information content (AvgIpc) is 2.27. The van der Waals surface area contributed by atoms with E-state index in [1.54, 1.807) is 0 Å². The van der Waals surface area contributed by atoms with Gasteiger partial charge in [0, 0.05) is 17.2 Å². The number of carbonyl (C=O) groups is 1. The summed E-state index contributed by atoms with van der Waals surface area (Å²) in [6, 6.07) is 7.42. The molecule has 1 fully saturated rings. The number of anilines is 1. The Bertz CT molecular complexity index is 403. The average molecular weight is 231 g/mol. The van der Waals surface area contributed by atoms with Gasteiger partial charge in [-0.05, 0) is 43.2 Å². The van der Waals surface area contributed by atoms with Gasteiger partial charge in [-0.1, -0.05) is 26.0 Å². The van der Waals surface area contributed by atoms with Crippen molar-refractivity contribution in [3.05, 3.63) is 29.8 Å². The summed E-state index contributed by atoms with van der Waals surface area (Å²) in [5.74, 6) is 1.70. The molecule has 1 aromatic carbocycles. The van der Waals surface area contributed by atoms with Gasteiger partial charge < -0.3 is 5.73 Å². The van der Waals surface area contributed by atoms with Crippen LogP contribution in [0.15, 0.2) is 24.3 Å². The standard InChI is InChI=1S/C15H21NO/c1-10-7-11(2)9-12(8-10)15(17)13-5-3-4-6-14(13)16/h3-6,10-12H,7-9,16H2,1-2H3. The lowest BCUT2D eigenvalue weighted by Gasteiger charge is -2.30. The topological polar surface area (TPSA) is 43.1 Å². The zero-order valence-electron chi connectivity index (χ0n) is 10.6. The van der Waals surface area contributed by atoms with Gasteiger partial charge in [-0.3, -0.25) is 4.79 Å². The van der Waals surface area contributed by atoms with Crippen molar-refractivity contribution in [2.75, 3.05) is 5.73 Å². The van der Waals surface area contributed by atoms with E-state index in [9.17, 15) is 4.79 Å². The van der Waals surface area contributed by atoms with Crippen LogP contribution in [-0.2, 0) is 0 Å². The lowest BCUT2D eigenvalue weighted by atomic mass is 9.74. The summed E-state index contributed by atoms with van der Waals surface area (Å²) in [5, 5.41) is 0. The van der Waals surface area contributed by atoms with E-state index in [0.717, 1.165) is 12.8 Å². The molecule has 1 aromatic rings. The first-order valence-corrected chi connectivity index (χ1v) is 6.46. The molecule has 2 N–H and O–H groups in total. The van der Waals surface area contributed by atoms with Gasteiger partial charge in [0.25, 0.3) is 0 Å². The number of ketones is 1.